The Labute approximate surface area is 173 Å². The lowest BCUT2D eigenvalue weighted by Crippen LogP contribution is -2.39. The number of carbonyl (C=O) groups is 2. The normalized spacial score (nSPS) is 28.2. The van der Waals surface area contributed by atoms with Crippen molar-refractivity contribution in [2.75, 3.05) is 20.1 Å². The first-order chi connectivity index (χ1) is 13.6. The second kappa shape index (κ2) is 8.07. The van der Waals surface area contributed by atoms with Crippen LogP contribution in [-0.2, 0) is 16.1 Å². The van der Waals surface area contributed by atoms with E-state index in [1.807, 2.05) is 24.3 Å². The smallest absolute Gasteiger partial charge is 0.233 e. The Morgan fingerprint density at radius 3 is 2.36 bits per heavy atom. The number of aliphatic imine (C=N–C) groups is 1. The molecule has 28 heavy (non-hydrogen) atoms. The minimum Gasteiger partial charge on any atom is -0.356 e. The molecule has 1 aromatic carbocycles. The summed E-state index contributed by atoms with van der Waals surface area (Å²) in [5.41, 5.74) is 1.16. The largest absolute Gasteiger partial charge is 0.356 e. The number of likely N-dealkylation sites (tertiary alicyclic amines) is 1. The zero-order chi connectivity index (χ0) is 19.7. The number of benzene rings is 1. The number of amides is 2. The topological polar surface area (TPSA) is 73.8 Å². The molecule has 0 radical (unpaired) electrons. The van der Waals surface area contributed by atoms with Gasteiger partial charge in [0.15, 0.2) is 5.96 Å². The Morgan fingerprint density at radius 1 is 1.11 bits per heavy atom. The van der Waals surface area contributed by atoms with E-state index in [9.17, 15) is 9.59 Å². The van der Waals surface area contributed by atoms with Crippen LogP contribution in [0.5, 0.6) is 0 Å². The highest BCUT2D eigenvalue weighted by atomic mass is 79.9. The Kier molecular flexibility index (Phi) is 5.53. The Hall–Kier alpha value is -2.15. The second-order valence-electron chi connectivity index (χ2n) is 7.66. The molecule has 0 aromatic heterocycles. The molecule has 1 aromatic rings. The number of nitrogens with one attached hydrogen (secondary N) is 2. The Bertz CT molecular complexity index is 790. The fourth-order valence-corrected chi connectivity index (χ4v) is 4.90. The zero-order valence-electron chi connectivity index (χ0n) is 15.9. The molecule has 2 bridgehead atoms. The molecule has 1 aliphatic heterocycles. The third-order valence-electron chi connectivity index (χ3n) is 6.01. The molecule has 1 saturated carbocycles. The van der Waals surface area contributed by atoms with Crippen LogP contribution in [0.25, 0.3) is 0 Å². The third kappa shape index (κ3) is 3.60. The predicted molar refractivity (Wildman–Crippen MR) is 111 cm³/mol. The lowest BCUT2D eigenvalue weighted by molar-refractivity contribution is -0.140. The molecule has 4 atom stereocenters. The first kappa shape index (κ1) is 19.2. The molecule has 148 valence electrons. The molecule has 1 heterocycles. The van der Waals surface area contributed by atoms with Crippen LogP contribution < -0.4 is 10.6 Å². The highest BCUT2D eigenvalue weighted by Crippen LogP contribution is 2.52. The molecule has 3 aliphatic rings. The number of nitrogens with zero attached hydrogens (tertiary/aromatic N) is 2. The van der Waals surface area contributed by atoms with Gasteiger partial charge in [-0.25, -0.2) is 0 Å². The van der Waals surface area contributed by atoms with Gasteiger partial charge in [0.2, 0.25) is 11.8 Å². The molecule has 2 N–H and O–H groups in total. The summed E-state index contributed by atoms with van der Waals surface area (Å²) in [6.45, 7) is 1.80. The van der Waals surface area contributed by atoms with Crippen LogP contribution in [0.4, 0.5) is 0 Å². The maximum atomic E-state index is 12.7. The fraction of sp³-hybridized carbons (Fsp3) is 0.476. The van der Waals surface area contributed by atoms with Gasteiger partial charge in [-0.1, -0.05) is 40.2 Å². The summed E-state index contributed by atoms with van der Waals surface area (Å²) in [4.78, 5) is 31.0. The average molecular weight is 445 g/mol. The fourth-order valence-electron chi connectivity index (χ4n) is 4.64. The summed E-state index contributed by atoms with van der Waals surface area (Å²) in [5, 5.41) is 6.52. The monoisotopic (exact) mass is 444 g/mol. The van der Waals surface area contributed by atoms with Gasteiger partial charge in [-0.05, 0) is 42.4 Å². The van der Waals surface area contributed by atoms with Crippen molar-refractivity contribution in [3.05, 3.63) is 46.5 Å². The van der Waals surface area contributed by atoms with Crippen molar-refractivity contribution in [1.29, 1.82) is 0 Å². The van der Waals surface area contributed by atoms with Gasteiger partial charge in [0.05, 0.1) is 11.8 Å². The summed E-state index contributed by atoms with van der Waals surface area (Å²) in [7, 11) is 1.73. The molecule has 6 nitrogen and oxygen atoms in total. The summed E-state index contributed by atoms with van der Waals surface area (Å²) < 4.78 is 1.05. The molecule has 7 heteroatoms. The minimum atomic E-state index is -0.101. The first-order valence-corrected chi connectivity index (χ1v) is 10.6. The van der Waals surface area contributed by atoms with E-state index >= 15 is 0 Å². The maximum absolute atomic E-state index is 12.7. The quantitative estimate of drug-likeness (QED) is 0.232. The van der Waals surface area contributed by atoms with Crippen LogP contribution in [-0.4, -0.2) is 42.8 Å². The number of hydrogen-bond donors (Lipinski definition) is 2. The van der Waals surface area contributed by atoms with Gasteiger partial charge in [0.25, 0.3) is 0 Å². The molecule has 2 amide bonds. The zero-order valence-corrected chi connectivity index (χ0v) is 17.5. The van der Waals surface area contributed by atoms with Crippen LogP contribution in [0, 0.1) is 23.7 Å². The number of rotatable bonds is 6. The summed E-state index contributed by atoms with van der Waals surface area (Å²) in [6, 6.07) is 8.12. The number of hydrogen-bond acceptors (Lipinski definition) is 3. The van der Waals surface area contributed by atoms with Gasteiger partial charge in [-0.2, -0.15) is 0 Å². The van der Waals surface area contributed by atoms with Crippen LogP contribution in [0.2, 0.25) is 0 Å². The van der Waals surface area contributed by atoms with Crippen LogP contribution in [0.3, 0.4) is 0 Å². The van der Waals surface area contributed by atoms with Gasteiger partial charge in [-0.3, -0.25) is 19.5 Å². The number of halogens is 1. The van der Waals surface area contributed by atoms with E-state index in [1.165, 1.54) is 4.90 Å². The van der Waals surface area contributed by atoms with Crippen molar-refractivity contribution in [2.45, 2.75) is 19.4 Å². The number of fused-ring (bicyclic) bond motifs is 5. The molecule has 2 aliphatic carbocycles. The maximum Gasteiger partial charge on any atom is 0.233 e. The summed E-state index contributed by atoms with van der Waals surface area (Å²) >= 11 is 3.43. The van der Waals surface area contributed by atoms with E-state index in [-0.39, 0.29) is 35.5 Å². The first-order valence-electron chi connectivity index (χ1n) is 9.81. The van der Waals surface area contributed by atoms with Crippen molar-refractivity contribution >= 4 is 33.7 Å². The van der Waals surface area contributed by atoms with Crippen molar-refractivity contribution in [3.63, 3.8) is 0 Å². The van der Waals surface area contributed by atoms with Crippen molar-refractivity contribution in [2.24, 2.45) is 28.7 Å². The van der Waals surface area contributed by atoms with Gasteiger partial charge >= 0.3 is 0 Å². The van der Waals surface area contributed by atoms with E-state index < -0.39 is 0 Å². The molecule has 4 unspecified atom stereocenters. The number of imide groups is 1. The second-order valence-corrected chi connectivity index (χ2v) is 8.58. The minimum absolute atomic E-state index is 0.0320. The predicted octanol–water partition coefficient (Wildman–Crippen LogP) is 2.31. The molecular weight excluding hydrogens is 420 g/mol. The van der Waals surface area contributed by atoms with Gasteiger partial charge in [0, 0.05) is 31.2 Å². The van der Waals surface area contributed by atoms with Gasteiger partial charge < -0.3 is 10.6 Å². The average Bonchev–Trinajstić information content (AvgIpc) is 3.38. The SMILES string of the molecule is CN=C(NCCCN1C(=O)C2C3C=CC(C3)C2C1=O)NCc1ccc(Br)cc1. The van der Waals surface area contributed by atoms with Crippen molar-refractivity contribution in [3.8, 4) is 0 Å². The third-order valence-corrected chi connectivity index (χ3v) is 6.54. The van der Waals surface area contributed by atoms with E-state index in [4.69, 9.17) is 0 Å². The van der Waals surface area contributed by atoms with Gasteiger partial charge in [-0.15, -0.1) is 0 Å². The van der Waals surface area contributed by atoms with E-state index in [2.05, 4.69) is 43.7 Å². The lowest BCUT2D eigenvalue weighted by Gasteiger charge is -2.18. The molecule has 4 rings (SSSR count). The van der Waals surface area contributed by atoms with E-state index in [0.29, 0.717) is 32.0 Å². The highest BCUT2D eigenvalue weighted by Gasteiger charge is 2.58. The highest BCUT2D eigenvalue weighted by molar-refractivity contribution is 9.10. The number of guanidine groups is 1. The van der Waals surface area contributed by atoms with Crippen LogP contribution >= 0.6 is 15.9 Å². The standard InChI is InChI=1S/C21H25BrN4O2/c1-23-21(25-12-13-3-7-16(22)8-4-13)24-9-2-10-26-19(27)17-14-5-6-15(11-14)18(17)20(26)28/h3-8,14-15,17-18H,2,9-12H2,1H3,(H2,23,24,25). The van der Waals surface area contributed by atoms with E-state index in [0.717, 1.165) is 16.5 Å². The van der Waals surface area contributed by atoms with Gasteiger partial charge in [0.1, 0.15) is 0 Å². The van der Waals surface area contributed by atoms with Crippen LogP contribution in [0.15, 0.2) is 45.9 Å². The lowest BCUT2D eigenvalue weighted by atomic mass is 9.85. The Morgan fingerprint density at radius 2 is 1.75 bits per heavy atom. The van der Waals surface area contributed by atoms with E-state index in [1.54, 1.807) is 7.05 Å². The van der Waals surface area contributed by atoms with Crippen LogP contribution in [0.1, 0.15) is 18.4 Å². The molecule has 2 fully saturated rings. The molecular formula is C21H25BrN4O2. The Balaban J connectivity index is 1.21. The number of carbonyl (C=O) groups excluding carboxylic acids is 2. The molecule has 0 spiro atoms. The van der Waals surface area contributed by atoms with Crippen molar-refractivity contribution in [1.82, 2.24) is 15.5 Å². The van der Waals surface area contributed by atoms with Crippen molar-refractivity contribution < 1.29 is 9.59 Å². The number of allylic oxidation sites excluding steroid dienone is 2. The summed E-state index contributed by atoms with van der Waals surface area (Å²) in [6.07, 6.45) is 5.94. The summed E-state index contributed by atoms with van der Waals surface area (Å²) in [5.74, 6) is 1.12. The molecule has 1 saturated heterocycles.